The molecule has 0 atom stereocenters. The zero-order valence-corrected chi connectivity index (χ0v) is 20.3. The van der Waals surface area contributed by atoms with Crippen molar-refractivity contribution in [2.75, 3.05) is 12.4 Å². The van der Waals surface area contributed by atoms with Gasteiger partial charge in [0.05, 0.1) is 17.7 Å². The number of anilines is 1. The Hall–Kier alpha value is -3.99. The van der Waals surface area contributed by atoms with E-state index in [1.165, 1.54) is 25.3 Å². The Morgan fingerprint density at radius 2 is 1.83 bits per heavy atom. The number of aryl methyl sites for hydroxylation is 1. The van der Waals surface area contributed by atoms with Gasteiger partial charge in [-0.3, -0.25) is 4.79 Å². The summed E-state index contributed by atoms with van der Waals surface area (Å²) in [6.45, 7) is 1.93. The second-order valence-electron chi connectivity index (χ2n) is 7.41. The first-order chi connectivity index (χ1) is 16.7. The van der Waals surface area contributed by atoms with Gasteiger partial charge in [-0.05, 0) is 66.1 Å². The molecule has 0 bridgehead atoms. The van der Waals surface area contributed by atoms with Crippen LogP contribution in [0.5, 0.6) is 11.5 Å². The van der Waals surface area contributed by atoms with Gasteiger partial charge in [-0.25, -0.2) is 4.79 Å². The van der Waals surface area contributed by atoms with Crippen LogP contribution in [0, 0.1) is 18.3 Å². The van der Waals surface area contributed by atoms with Crippen LogP contribution in [0.3, 0.4) is 0 Å². The third kappa shape index (κ3) is 6.54. The number of carboxylic acids is 1. The third-order valence-electron chi connectivity index (χ3n) is 4.96. The minimum absolute atomic E-state index is 0.121. The maximum Gasteiger partial charge on any atom is 0.335 e. The number of methoxy groups -OCH3 is 1. The number of halogens is 2. The molecule has 0 spiro atoms. The van der Waals surface area contributed by atoms with Crippen LogP contribution in [-0.2, 0) is 11.4 Å². The number of aromatic carboxylic acids is 1. The lowest BCUT2D eigenvalue weighted by Crippen LogP contribution is -2.14. The van der Waals surface area contributed by atoms with Crippen molar-refractivity contribution >= 4 is 46.8 Å². The zero-order valence-electron chi connectivity index (χ0n) is 18.8. The monoisotopic (exact) mass is 510 g/mol. The molecule has 1 amide bonds. The lowest BCUT2D eigenvalue weighted by molar-refractivity contribution is -0.112. The van der Waals surface area contributed by atoms with Crippen molar-refractivity contribution in [3.63, 3.8) is 0 Å². The molecule has 35 heavy (non-hydrogen) atoms. The fraction of sp³-hybridized carbons (Fsp3) is 0.115. The van der Waals surface area contributed by atoms with E-state index in [9.17, 15) is 14.9 Å². The average Bonchev–Trinajstić information content (AvgIpc) is 2.83. The maximum absolute atomic E-state index is 12.7. The number of ether oxygens (including phenoxy) is 2. The van der Waals surface area contributed by atoms with Crippen LogP contribution < -0.4 is 14.8 Å². The molecule has 0 aliphatic carbocycles. The molecule has 0 heterocycles. The number of rotatable bonds is 8. The summed E-state index contributed by atoms with van der Waals surface area (Å²) in [6.07, 6.45) is 1.39. The highest BCUT2D eigenvalue weighted by Gasteiger charge is 2.15. The topological polar surface area (TPSA) is 109 Å². The van der Waals surface area contributed by atoms with Crippen molar-refractivity contribution in [1.29, 1.82) is 5.26 Å². The lowest BCUT2D eigenvalue weighted by Gasteiger charge is -2.14. The molecule has 9 heteroatoms. The number of carbonyl (C=O) groups excluding carboxylic acids is 1. The SMILES string of the molecule is COc1cc(/C=C(\C#N)C(=O)Nc2cc(Cl)ccc2C)cc(Cl)c1OCc1ccc(C(=O)O)cc1. The molecule has 2 N–H and O–H groups in total. The fourth-order valence-corrected chi connectivity index (χ4v) is 3.54. The average molecular weight is 511 g/mol. The van der Waals surface area contributed by atoms with Crippen molar-refractivity contribution in [3.05, 3.63) is 92.5 Å². The minimum Gasteiger partial charge on any atom is -0.493 e. The van der Waals surface area contributed by atoms with Gasteiger partial charge in [-0.15, -0.1) is 0 Å². The van der Waals surface area contributed by atoms with E-state index in [1.54, 1.807) is 42.5 Å². The molecule has 0 aromatic heterocycles. The molecular formula is C26H20Cl2N2O5. The van der Waals surface area contributed by atoms with Gasteiger partial charge in [-0.2, -0.15) is 5.26 Å². The highest BCUT2D eigenvalue weighted by atomic mass is 35.5. The molecule has 3 aromatic carbocycles. The van der Waals surface area contributed by atoms with Gasteiger partial charge in [0.2, 0.25) is 0 Å². The fourth-order valence-electron chi connectivity index (χ4n) is 3.10. The lowest BCUT2D eigenvalue weighted by atomic mass is 10.1. The van der Waals surface area contributed by atoms with E-state index in [2.05, 4.69) is 5.32 Å². The highest BCUT2D eigenvalue weighted by molar-refractivity contribution is 6.32. The van der Waals surface area contributed by atoms with E-state index >= 15 is 0 Å². The standard InChI is InChI=1S/C26H20Cl2N2O5/c1-15-3-8-20(27)12-22(15)30-25(31)19(13-29)9-17-10-21(28)24(23(11-17)34-2)35-14-16-4-6-18(7-5-16)26(32)33/h3-12H,14H2,1-2H3,(H,30,31)(H,32,33)/b19-9+. The van der Waals surface area contributed by atoms with Crippen LogP contribution in [0.1, 0.15) is 27.0 Å². The van der Waals surface area contributed by atoms with E-state index < -0.39 is 11.9 Å². The van der Waals surface area contributed by atoms with E-state index in [4.69, 9.17) is 37.8 Å². The Labute approximate surface area is 212 Å². The number of carboxylic acid groups (broad SMARTS) is 1. The first-order valence-corrected chi connectivity index (χ1v) is 11.0. The van der Waals surface area contributed by atoms with Gasteiger partial charge in [0, 0.05) is 10.7 Å². The normalized spacial score (nSPS) is 10.9. The quantitative estimate of drug-likeness (QED) is 0.278. The van der Waals surface area contributed by atoms with Gasteiger partial charge in [0.25, 0.3) is 5.91 Å². The Kier molecular flexibility index (Phi) is 8.37. The predicted octanol–water partition coefficient (Wildman–Crippen LogP) is 6.13. The largest absolute Gasteiger partial charge is 0.493 e. The molecule has 0 fully saturated rings. The Morgan fingerprint density at radius 1 is 1.11 bits per heavy atom. The van der Waals surface area contributed by atoms with Crippen LogP contribution in [0.4, 0.5) is 5.69 Å². The Balaban J connectivity index is 1.81. The summed E-state index contributed by atoms with van der Waals surface area (Å²) in [5.74, 6) is -1.04. The summed E-state index contributed by atoms with van der Waals surface area (Å²) < 4.78 is 11.2. The van der Waals surface area contributed by atoms with Crippen molar-refractivity contribution in [2.45, 2.75) is 13.5 Å². The molecule has 0 saturated carbocycles. The summed E-state index contributed by atoms with van der Waals surface area (Å²) in [5, 5.41) is 21.9. The highest BCUT2D eigenvalue weighted by Crippen LogP contribution is 2.37. The molecule has 7 nitrogen and oxygen atoms in total. The summed E-state index contributed by atoms with van der Waals surface area (Å²) in [5.41, 5.74) is 2.51. The molecule has 0 aliphatic heterocycles. The number of nitrogens with zero attached hydrogens (tertiary/aromatic N) is 1. The van der Waals surface area contributed by atoms with Crippen LogP contribution in [0.2, 0.25) is 10.0 Å². The molecule has 0 saturated heterocycles. The van der Waals surface area contributed by atoms with Crippen LogP contribution in [0.15, 0.2) is 60.2 Å². The minimum atomic E-state index is -1.01. The molecule has 3 rings (SSSR count). The van der Waals surface area contributed by atoms with Crippen LogP contribution in [0.25, 0.3) is 6.08 Å². The van der Waals surface area contributed by atoms with Crippen molar-refractivity contribution < 1.29 is 24.2 Å². The second kappa shape index (κ2) is 11.4. The van der Waals surface area contributed by atoms with Crippen molar-refractivity contribution in [3.8, 4) is 17.6 Å². The van der Waals surface area contributed by atoms with E-state index in [0.29, 0.717) is 22.0 Å². The summed E-state index contributed by atoms with van der Waals surface area (Å²) in [6, 6.07) is 16.3. The van der Waals surface area contributed by atoms with E-state index in [1.807, 2.05) is 13.0 Å². The van der Waals surface area contributed by atoms with Gasteiger partial charge >= 0.3 is 5.97 Å². The third-order valence-corrected chi connectivity index (χ3v) is 5.48. The molecule has 0 aliphatic rings. The van der Waals surface area contributed by atoms with Crippen molar-refractivity contribution in [2.24, 2.45) is 0 Å². The molecule has 0 radical (unpaired) electrons. The van der Waals surface area contributed by atoms with Gasteiger partial charge in [-0.1, -0.05) is 41.4 Å². The van der Waals surface area contributed by atoms with Crippen molar-refractivity contribution in [1.82, 2.24) is 0 Å². The van der Waals surface area contributed by atoms with Crippen LogP contribution >= 0.6 is 23.2 Å². The van der Waals surface area contributed by atoms with Gasteiger partial charge in [0.15, 0.2) is 11.5 Å². The molecular weight excluding hydrogens is 491 g/mol. The van der Waals surface area contributed by atoms with E-state index in [0.717, 1.165) is 11.1 Å². The summed E-state index contributed by atoms with van der Waals surface area (Å²) in [4.78, 5) is 23.7. The number of carbonyl (C=O) groups is 2. The van der Waals surface area contributed by atoms with E-state index in [-0.39, 0.29) is 28.5 Å². The van der Waals surface area contributed by atoms with Crippen LogP contribution in [-0.4, -0.2) is 24.1 Å². The summed E-state index contributed by atoms with van der Waals surface area (Å²) >= 11 is 12.4. The smallest absolute Gasteiger partial charge is 0.335 e. The summed E-state index contributed by atoms with van der Waals surface area (Å²) in [7, 11) is 1.44. The molecule has 0 unspecified atom stereocenters. The second-order valence-corrected chi connectivity index (χ2v) is 8.25. The number of amides is 1. The maximum atomic E-state index is 12.7. The number of hydrogen-bond donors (Lipinski definition) is 2. The number of benzene rings is 3. The number of hydrogen-bond acceptors (Lipinski definition) is 5. The number of nitrogens with one attached hydrogen (secondary N) is 1. The van der Waals surface area contributed by atoms with Gasteiger partial charge in [0.1, 0.15) is 18.2 Å². The first kappa shape index (κ1) is 25.6. The zero-order chi connectivity index (χ0) is 25.5. The Morgan fingerprint density at radius 3 is 2.46 bits per heavy atom. The molecule has 178 valence electrons. The molecule has 3 aromatic rings. The first-order valence-electron chi connectivity index (χ1n) is 10.2. The number of nitriles is 1. The van der Waals surface area contributed by atoms with Gasteiger partial charge < -0.3 is 19.9 Å². The Bertz CT molecular complexity index is 1350. The predicted molar refractivity (Wildman–Crippen MR) is 134 cm³/mol.